The summed E-state index contributed by atoms with van der Waals surface area (Å²) in [6.45, 7) is 0. The molecule has 2 aromatic carbocycles. The van der Waals surface area contributed by atoms with Gasteiger partial charge in [-0.3, -0.25) is 24.9 Å². The summed E-state index contributed by atoms with van der Waals surface area (Å²) in [4.78, 5) is 34.3. The highest BCUT2D eigenvalue weighted by atomic mass is 19.4. The standard InChI is InChI=1S/C23H16F3N3O3/c24-23(25,26)17-5-1-3-15(11-17)21(30)14-6-8-18(9-7-14)28-22(31)20-12-19(29-32-20)16-4-2-10-27-13-16/h1-13,20,29H,(H,28,31). The van der Waals surface area contributed by atoms with Crippen molar-refractivity contribution in [2.45, 2.75) is 12.3 Å². The summed E-state index contributed by atoms with van der Waals surface area (Å²) in [7, 11) is 0. The van der Waals surface area contributed by atoms with E-state index in [1.165, 1.54) is 36.4 Å². The summed E-state index contributed by atoms with van der Waals surface area (Å²) in [5, 5.41) is 2.67. The lowest BCUT2D eigenvalue weighted by atomic mass is 10.0. The third-order valence-electron chi connectivity index (χ3n) is 4.71. The number of alkyl halides is 3. The van der Waals surface area contributed by atoms with E-state index in [1.54, 1.807) is 24.5 Å². The number of ketones is 1. The second-order valence-electron chi connectivity index (χ2n) is 6.94. The number of halogens is 3. The van der Waals surface area contributed by atoms with Crippen LogP contribution in [0.5, 0.6) is 0 Å². The smallest absolute Gasteiger partial charge is 0.323 e. The normalized spacial score (nSPS) is 15.6. The van der Waals surface area contributed by atoms with Crippen LogP contribution in [-0.2, 0) is 15.8 Å². The van der Waals surface area contributed by atoms with E-state index in [9.17, 15) is 22.8 Å². The first kappa shape index (κ1) is 21.3. The van der Waals surface area contributed by atoms with E-state index in [0.717, 1.165) is 17.7 Å². The van der Waals surface area contributed by atoms with Crippen LogP contribution in [-0.4, -0.2) is 22.8 Å². The second-order valence-corrected chi connectivity index (χ2v) is 6.94. The summed E-state index contributed by atoms with van der Waals surface area (Å²) < 4.78 is 38.7. The molecule has 1 amide bonds. The van der Waals surface area contributed by atoms with Gasteiger partial charge in [0.15, 0.2) is 11.9 Å². The number of benzene rings is 2. The molecule has 1 atom stereocenters. The summed E-state index contributed by atoms with van der Waals surface area (Å²) >= 11 is 0. The van der Waals surface area contributed by atoms with Crippen molar-refractivity contribution in [1.29, 1.82) is 0 Å². The molecule has 1 unspecified atom stereocenters. The number of amides is 1. The van der Waals surface area contributed by atoms with Crippen molar-refractivity contribution in [3.05, 3.63) is 101 Å². The number of carbonyl (C=O) groups is 2. The van der Waals surface area contributed by atoms with Crippen LogP contribution < -0.4 is 10.8 Å². The lowest BCUT2D eigenvalue weighted by Crippen LogP contribution is -2.28. The number of nitrogens with one attached hydrogen (secondary N) is 2. The topological polar surface area (TPSA) is 80.3 Å². The monoisotopic (exact) mass is 439 g/mol. The van der Waals surface area contributed by atoms with Gasteiger partial charge in [-0.1, -0.05) is 12.1 Å². The largest absolute Gasteiger partial charge is 0.416 e. The molecule has 0 saturated heterocycles. The molecule has 6 nitrogen and oxygen atoms in total. The van der Waals surface area contributed by atoms with Gasteiger partial charge in [0.25, 0.3) is 5.91 Å². The van der Waals surface area contributed by atoms with Gasteiger partial charge in [0.2, 0.25) is 0 Å². The second kappa shape index (κ2) is 8.64. The predicted octanol–water partition coefficient (Wildman–Crippen LogP) is 4.21. The van der Waals surface area contributed by atoms with E-state index in [1.807, 2.05) is 6.07 Å². The van der Waals surface area contributed by atoms with Gasteiger partial charge in [0, 0.05) is 34.8 Å². The Hall–Kier alpha value is -3.98. The van der Waals surface area contributed by atoms with Crippen LogP contribution >= 0.6 is 0 Å². The predicted molar refractivity (Wildman–Crippen MR) is 110 cm³/mol. The molecule has 1 aromatic heterocycles. The highest BCUT2D eigenvalue weighted by Crippen LogP contribution is 2.30. The number of rotatable bonds is 5. The van der Waals surface area contributed by atoms with Gasteiger partial charge in [0.1, 0.15) is 0 Å². The van der Waals surface area contributed by atoms with Crippen molar-refractivity contribution < 1.29 is 27.6 Å². The van der Waals surface area contributed by atoms with Gasteiger partial charge in [-0.15, -0.1) is 0 Å². The molecule has 162 valence electrons. The molecule has 0 radical (unpaired) electrons. The Morgan fingerprint density at radius 3 is 2.47 bits per heavy atom. The molecule has 4 rings (SSSR count). The average Bonchev–Trinajstić information content (AvgIpc) is 3.30. The van der Waals surface area contributed by atoms with Crippen molar-refractivity contribution in [2.24, 2.45) is 0 Å². The summed E-state index contributed by atoms with van der Waals surface area (Å²) in [5.74, 6) is -0.991. The highest BCUT2D eigenvalue weighted by Gasteiger charge is 2.31. The Kier molecular flexibility index (Phi) is 5.74. The van der Waals surface area contributed by atoms with Crippen molar-refractivity contribution >= 4 is 23.1 Å². The van der Waals surface area contributed by atoms with Gasteiger partial charge in [0.05, 0.1) is 11.3 Å². The number of nitrogens with zero attached hydrogens (tertiary/aromatic N) is 1. The molecule has 1 aliphatic heterocycles. The molecular formula is C23H16F3N3O3. The molecule has 0 saturated carbocycles. The quantitative estimate of drug-likeness (QED) is 0.582. The molecule has 9 heteroatoms. The van der Waals surface area contributed by atoms with E-state index in [-0.39, 0.29) is 11.1 Å². The maximum atomic E-state index is 12.9. The number of carbonyl (C=O) groups excluding carboxylic acids is 2. The number of anilines is 1. The van der Waals surface area contributed by atoms with Crippen molar-refractivity contribution in [1.82, 2.24) is 10.5 Å². The van der Waals surface area contributed by atoms with Gasteiger partial charge < -0.3 is 5.32 Å². The summed E-state index contributed by atoms with van der Waals surface area (Å²) in [6.07, 6.45) is -0.546. The molecule has 0 aliphatic carbocycles. The Morgan fingerprint density at radius 2 is 1.78 bits per heavy atom. The molecule has 2 N–H and O–H groups in total. The van der Waals surface area contributed by atoms with Crippen LogP contribution in [0.15, 0.2) is 79.1 Å². The van der Waals surface area contributed by atoms with Crippen LogP contribution in [0, 0.1) is 0 Å². The van der Waals surface area contributed by atoms with Crippen LogP contribution in [0.4, 0.5) is 18.9 Å². The third-order valence-corrected chi connectivity index (χ3v) is 4.71. The third kappa shape index (κ3) is 4.68. The minimum absolute atomic E-state index is 0.0740. The van der Waals surface area contributed by atoms with Gasteiger partial charge in [-0.2, -0.15) is 13.2 Å². The number of aromatic nitrogens is 1. The van der Waals surface area contributed by atoms with E-state index in [2.05, 4.69) is 15.8 Å². The number of hydroxylamine groups is 1. The van der Waals surface area contributed by atoms with Crippen LogP contribution in [0.2, 0.25) is 0 Å². The van der Waals surface area contributed by atoms with Gasteiger partial charge in [-0.05, 0) is 54.6 Å². The van der Waals surface area contributed by atoms with Crippen molar-refractivity contribution in [3.8, 4) is 0 Å². The number of hydrogen-bond acceptors (Lipinski definition) is 5. The molecule has 1 aliphatic rings. The molecule has 0 spiro atoms. The van der Waals surface area contributed by atoms with Gasteiger partial charge >= 0.3 is 6.18 Å². The molecule has 0 bridgehead atoms. The zero-order valence-electron chi connectivity index (χ0n) is 16.4. The fraction of sp³-hybridized carbons (Fsp3) is 0.0870. The first-order chi connectivity index (χ1) is 15.3. The van der Waals surface area contributed by atoms with E-state index in [4.69, 9.17) is 4.84 Å². The van der Waals surface area contributed by atoms with Crippen LogP contribution in [0.3, 0.4) is 0 Å². The molecular weight excluding hydrogens is 423 g/mol. The molecule has 32 heavy (non-hydrogen) atoms. The maximum absolute atomic E-state index is 12.9. The van der Waals surface area contributed by atoms with Crippen LogP contribution in [0.1, 0.15) is 27.0 Å². The first-order valence-corrected chi connectivity index (χ1v) is 9.48. The summed E-state index contributed by atoms with van der Waals surface area (Å²) in [5.41, 5.74) is 3.69. The zero-order valence-corrected chi connectivity index (χ0v) is 16.4. The maximum Gasteiger partial charge on any atom is 0.416 e. The Labute approximate surface area is 180 Å². The Morgan fingerprint density at radius 1 is 1.00 bits per heavy atom. The van der Waals surface area contributed by atoms with E-state index >= 15 is 0 Å². The number of pyridine rings is 1. The first-order valence-electron chi connectivity index (χ1n) is 9.48. The Balaban J connectivity index is 1.43. The molecule has 2 heterocycles. The Bertz CT molecular complexity index is 1180. The molecule has 3 aromatic rings. The van der Waals surface area contributed by atoms with Crippen molar-refractivity contribution in [2.75, 3.05) is 5.32 Å². The minimum Gasteiger partial charge on any atom is -0.323 e. The van der Waals surface area contributed by atoms with Crippen LogP contribution in [0.25, 0.3) is 5.70 Å². The van der Waals surface area contributed by atoms with E-state index < -0.39 is 29.5 Å². The number of hydrogen-bond donors (Lipinski definition) is 2. The lowest BCUT2D eigenvalue weighted by Gasteiger charge is -2.10. The fourth-order valence-electron chi connectivity index (χ4n) is 3.07. The highest BCUT2D eigenvalue weighted by molar-refractivity contribution is 6.09. The SMILES string of the molecule is O=C(c1ccc(NC(=O)C2C=C(c3cccnc3)NO2)cc1)c1cccc(C(F)(F)F)c1. The van der Waals surface area contributed by atoms with Crippen molar-refractivity contribution in [3.63, 3.8) is 0 Å². The average molecular weight is 439 g/mol. The van der Waals surface area contributed by atoms with E-state index in [0.29, 0.717) is 11.4 Å². The molecule has 0 fully saturated rings. The minimum atomic E-state index is -4.53. The fourth-order valence-corrected chi connectivity index (χ4v) is 3.07. The van der Waals surface area contributed by atoms with Gasteiger partial charge in [-0.25, -0.2) is 0 Å². The lowest BCUT2D eigenvalue weighted by molar-refractivity contribution is -0.137. The zero-order chi connectivity index (χ0) is 22.7. The summed E-state index contributed by atoms with van der Waals surface area (Å²) in [6, 6.07) is 13.7.